The highest BCUT2D eigenvalue weighted by Gasteiger charge is 2.07. The van der Waals surface area contributed by atoms with Gasteiger partial charge in [-0.1, -0.05) is 18.2 Å². The highest BCUT2D eigenvalue weighted by atomic mass is 16.5. The molecule has 0 fully saturated rings. The van der Waals surface area contributed by atoms with Gasteiger partial charge in [-0.15, -0.1) is 0 Å². The first-order chi connectivity index (χ1) is 8.25. The lowest BCUT2D eigenvalue weighted by molar-refractivity contribution is -0.114. The quantitative estimate of drug-likeness (QED) is 0.876. The number of aromatic nitrogens is 2. The standard InChI is InChI=1S/C12H11N3O2/c1-9(16)15-11-7-13-8-14-12(11)17-10-5-3-2-4-6-10/h2-8H,1H3,(H,15,16). The van der Waals surface area contributed by atoms with Crippen molar-refractivity contribution in [1.29, 1.82) is 0 Å². The summed E-state index contributed by atoms with van der Waals surface area (Å²) in [5, 5.41) is 2.60. The fourth-order valence-electron chi connectivity index (χ4n) is 1.28. The zero-order chi connectivity index (χ0) is 12.1. The van der Waals surface area contributed by atoms with Crippen LogP contribution in [0.25, 0.3) is 0 Å². The zero-order valence-electron chi connectivity index (χ0n) is 9.25. The Kier molecular flexibility index (Phi) is 3.30. The number of hydrogen-bond donors (Lipinski definition) is 1. The second-order valence-corrected chi connectivity index (χ2v) is 3.34. The van der Waals surface area contributed by atoms with Crippen LogP contribution in [0.3, 0.4) is 0 Å². The average molecular weight is 229 g/mol. The fourth-order valence-corrected chi connectivity index (χ4v) is 1.28. The second kappa shape index (κ2) is 5.07. The molecular weight excluding hydrogens is 218 g/mol. The third-order valence-corrected chi connectivity index (χ3v) is 1.94. The van der Waals surface area contributed by atoms with Crippen LogP contribution in [0.5, 0.6) is 11.6 Å². The third-order valence-electron chi connectivity index (χ3n) is 1.94. The predicted octanol–water partition coefficient (Wildman–Crippen LogP) is 2.23. The van der Waals surface area contributed by atoms with Gasteiger partial charge in [-0.05, 0) is 12.1 Å². The number of para-hydroxylation sites is 1. The number of ether oxygens (including phenoxy) is 1. The van der Waals surface area contributed by atoms with Crippen molar-refractivity contribution >= 4 is 11.6 Å². The number of benzene rings is 1. The Morgan fingerprint density at radius 2 is 2.06 bits per heavy atom. The minimum atomic E-state index is -0.197. The minimum absolute atomic E-state index is 0.197. The van der Waals surface area contributed by atoms with Crippen LogP contribution in [0, 0.1) is 0 Å². The van der Waals surface area contributed by atoms with Crippen LogP contribution in [-0.2, 0) is 4.79 Å². The van der Waals surface area contributed by atoms with Gasteiger partial charge in [0.2, 0.25) is 11.8 Å². The predicted molar refractivity (Wildman–Crippen MR) is 62.9 cm³/mol. The van der Waals surface area contributed by atoms with E-state index in [0.717, 1.165) is 0 Å². The average Bonchev–Trinajstić information content (AvgIpc) is 2.32. The van der Waals surface area contributed by atoms with Crippen molar-refractivity contribution in [3.05, 3.63) is 42.9 Å². The Morgan fingerprint density at radius 3 is 2.76 bits per heavy atom. The second-order valence-electron chi connectivity index (χ2n) is 3.34. The topological polar surface area (TPSA) is 64.1 Å². The number of amides is 1. The Balaban J connectivity index is 2.23. The van der Waals surface area contributed by atoms with E-state index in [-0.39, 0.29) is 5.91 Å². The maximum absolute atomic E-state index is 11.0. The molecule has 0 saturated heterocycles. The summed E-state index contributed by atoms with van der Waals surface area (Å²) in [5.41, 5.74) is 0.448. The van der Waals surface area contributed by atoms with Gasteiger partial charge in [0, 0.05) is 6.92 Å². The number of carbonyl (C=O) groups excluding carboxylic acids is 1. The summed E-state index contributed by atoms with van der Waals surface area (Å²) in [5.74, 6) is 0.775. The number of rotatable bonds is 3. The number of hydrogen-bond acceptors (Lipinski definition) is 4. The van der Waals surface area contributed by atoms with Crippen LogP contribution in [-0.4, -0.2) is 15.9 Å². The molecular formula is C12H11N3O2. The Morgan fingerprint density at radius 1 is 1.29 bits per heavy atom. The van der Waals surface area contributed by atoms with E-state index in [4.69, 9.17) is 4.74 Å². The van der Waals surface area contributed by atoms with Crippen LogP contribution >= 0.6 is 0 Å². The molecule has 1 amide bonds. The lowest BCUT2D eigenvalue weighted by Crippen LogP contribution is -2.08. The largest absolute Gasteiger partial charge is 0.437 e. The molecule has 0 bridgehead atoms. The maximum Gasteiger partial charge on any atom is 0.246 e. The Labute approximate surface area is 98.5 Å². The molecule has 86 valence electrons. The maximum atomic E-state index is 11.0. The number of anilines is 1. The summed E-state index contributed by atoms with van der Waals surface area (Å²) in [7, 11) is 0. The molecule has 1 aromatic heterocycles. The highest BCUT2D eigenvalue weighted by molar-refractivity contribution is 5.89. The van der Waals surface area contributed by atoms with Crippen molar-refractivity contribution in [3.63, 3.8) is 0 Å². The zero-order valence-corrected chi connectivity index (χ0v) is 9.25. The van der Waals surface area contributed by atoms with Crippen LogP contribution in [0.15, 0.2) is 42.9 Å². The monoisotopic (exact) mass is 229 g/mol. The van der Waals surface area contributed by atoms with Gasteiger partial charge in [0.05, 0.1) is 6.20 Å². The summed E-state index contributed by atoms with van der Waals surface area (Å²) >= 11 is 0. The molecule has 1 N–H and O–H groups in total. The lowest BCUT2D eigenvalue weighted by Gasteiger charge is -2.08. The van der Waals surface area contributed by atoms with Gasteiger partial charge in [0.15, 0.2) is 0 Å². The number of nitrogens with one attached hydrogen (secondary N) is 1. The molecule has 5 nitrogen and oxygen atoms in total. The van der Waals surface area contributed by atoms with E-state index in [0.29, 0.717) is 17.3 Å². The Hall–Kier alpha value is -2.43. The number of carbonyl (C=O) groups is 1. The molecule has 0 atom stereocenters. The summed E-state index contributed by atoms with van der Waals surface area (Å²) in [6.07, 6.45) is 2.86. The summed E-state index contributed by atoms with van der Waals surface area (Å²) < 4.78 is 5.54. The molecule has 0 spiro atoms. The fraction of sp³-hybridized carbons (Fsp3) is 0.0833. The van der Waals surface area contributed by atoms with Crippen molar-refractivity contribution in [3.8, 4) is 11.6 Å². The SMILES string of the molecule is CC(=O)Nc1cncnc1Oc1ccccc1. The van der Waals surface area contributed by atoms with Gasteiger partial charge in [-0.3, -0.25) is 4.79 Å². The van der Waals surface area contributed by atoms with E-state index in [1.165, 1.54) is 19.4 Å². The molecule has 17 heavy (non-hydrogen) atoms. The molecule has 0 aliphatic rings. The van der Waals surface area contributed by atoms with Gasteiger partial charge in [-0.2, -0.15) is 4.98 Å². The smallest absolute Gasteiger partial charge is 0.246 e. The third kappa shape index (κ3) is 3.01. The molecule has 0 radical (unpaired) electrons. The summed E-state index contributed by atoms with van der Waals surface area (Å²) in [6, 6.07) is 9.21. The first-order valence-electron chi connectivity index (χ1n) is 5.06. The minimum Gasteiger partial charge on any atom is -0.437 e. The van der Waals surface area contributed by atoms with Gasteiger partial charge >= 0.3 is 0 Å². The van der Waals surface area contributed by atoms with E-state index in [1.807, 2.05) is 18.2 Å². The lowest BCUT2D eigenvalue weighted by atomic mass is 10.3. The summed E-state index contributed by atoms with van der Waals surface area (Å²) in [6.45, 7) is 1.42. The molecule has 0 saturated carbocycles. The van der Waals surface area contributed by atoms with Crippen molar-refractivity contribution < 1.29 is 9.53 Å². The molecule has 0 aliphatic heterocycles. The van der Waals surface area contributed by atoms with E-state index < -0.39 is 0 Å². The molecule has 2 aromatic rings. The molecule has 1 aromatic carbocycles. The first kappa shape index (κ1) is 11.1. The molecule has 0 aliphatic carbocycles. The van der Waals surface area contributed by atoms with Crippen LogP contribution in [0.2, 0.25) is 0 Å². The van der Waals surface area contributed by atoms with E-state index in [1.54, 1.807) is 12.1 Å². The summed E-state index contributed by atoms with van der Waals surface area (Å²) in [4.78, 5) is 18.8. The van der Waals surface area contributed by atoms with Crippen molar-refractivity contribution in [2.24, 2.45) is 0 Å². The van der Waals surface area contributed by atoms with Crippen molar-refractivity contribution in [2.45, 2.75) is 6.92 Å². The van der Waals surface area contributed by atoms with Gasteiger partial charge in [-0.25, -0.2) is 4.98 Å². The molecule has 1 heterocycles. The highest BCUT2D eigenvalue weighted by Crippen LogP contribution is 2.25. The number of nitrogens with zero attached hydrogens (tertiary/aromatic N) is 2. The van der Waals surface area contributed by atoms with Crippen LogP contribution in [0.4, 0.5) is 5.69 Å². The van der Waals surface area contributed by atoms with Gasteiger partial charge in [0.25, 0.3) is 0 Å². The molecule has 0 unspecified atom stereocenters. The molecule has 2 rings (SSSR count). The first-order valence-corrected chi connectivity index (χ1v) is 5.06. The van der Waals surface area contributed by atoms with Crippen molar-refractivity contribution in [2.75, 3.05) is 5.32 Å². The van der Waals surface area contributed by atoms with Gasteiger partial charge in [0.1, 0.15) is 17.8 Å². The van der Waals surface area contributed by atoms with E-state index >= 15 is 0 Å². The van der Waals surface area contributed by atoms with E-state index in [2.05, 4.69) is 15.3 Å². The molecule has 5 heteroatoms. The van der Waals surface area contributed by atoms with Crippen LogP contribution < -0.4 is 10.1 Å². The van der Waals surface area contributed by atoms with Gasteiger partial charge < -0.3 is 10.1 Å². The van der Waals surface area contributed by atoms with Crippen LogP contribution in [0.1, 0.15) is 6.92 Å². The normalized spacial score (nSPS) is 9.71. The van der Waals surface area contributed by atoms with E-state index in [9.17, 15) is 4.79 Å². The van der Waals surface area contributed by atoms with Crippen molar-refractivity contribution in [1.82, 2.24) is 9.97 Å². The Bertz CT molecular complexity index is 514.